The van der Waals surface area contributed by atoms with Gasteiger partial charge in [0.15, 0.2) is 0 Å². The van der Waals surface area contributed by atoms with Crippen LogP contribution >= 0.6 is 0 Å². The van der Waals surface area contributed by atoms with Crippen LogP contribution in [0.3, 0.4) is 0 Å². The lowest BCUT2D eigenvalue weighted by Gasteiger charge is -2.31. The molecule has 2 aliphatic carbocycles. The van der Waals surface area contributed by atoms with Crippen molar-refractivity contribution < 1.29 is 24.2 Å². The van der Waals surface area contributed by atoms with Crippen LogP contribution in [0.2, 0.25) is 0 Å². The molecule has 0 aromatic heterocycles. The molecule has 2 N–H and O–H groups in total. The Balaban J connectivity index is 1.44. The fraction of sp³-hybridized carbons (Fsp3) is 0.875. The fourth-order valence-corrected chi connectivity index (χ4v) is 5.11. The zero-order chi connectivity index (χ0) is 15.3. The number of nitrogens with one attached hydrogen (secondary N) is 1. The predicted molar refractivity (Wildman–Crippen MR) is 76.0 cm³/mol. The predicted octanol–water partition coefficient (Wildman–Crippen LogP) is 0.653. The maximum Gasteiger partial charge on any atom is 0.308 e. The SMILES string of the molecule is O=C(O)[C@H]1[C@@H]2CC[C@@H](C2)[C@H]1NC(=O)[C@@H]1OC[C@@H]2COCC[C@@H]21. The Hall–Kier alpha value is -1.14. The van der Waals surface area contributed by atoms with Crippen LogP contribution in [0, 0.1) is 29.6 Å². The van der Waals surface area contributed by atoms with Gasteiger partial charge in [-0.25, -0.2) is 0 Å². The monoisotopic (exact) mass is 309 g/mol. The summed E-state index contributed by atoms with van der Waals surface area (Å²) in [5, 5.41) is 12.5. The summed E-state index contributed by atoms with van der Waals surface area (Å²) in [6, 6.07) is -0.216. The minimum atomic E-state index is -0.770. The van der Waals surface area contributed by atoms with Crippen molar-refractivity contribution in [2.45, 2.75) is 37.8 Å². The van der Waals surface area contributed by atoms with Crippen molar-refractivity contribution in [2.24, 2.45) is 29.6 Å². The van der Waals surface area contributed by atoms with Gasteiger partial charge in [0, 0.05) is 24.5 Å². The van der Waals surface area contributed by atoms with Crippen molar-refractivity contribution in [1.82, 2.24) is 5.32 Å². The minimum Gasteiger partial charge on any atom is -0.481 e. The van der Waals surface area contributed by atoms with E-state index < -0.39 is 18.0 Å². The lowest BCUT2D eigenvalue weighted by molar-refractivity contribution is -0.145. The lowest BCUT2D eigenvalue weighted by Crippen LogP contribution is -2.51. The number of carboxylic acid groups (broad SMARTS) is 1. The van der Waals surface area contributed by atoms with E-state index in [0.717, 1.165) is 25.7 Å². The van der Waals surface area contributed by atoms with Gasteiger partial charge in [-0.2, -0.15) is 0 Å². The van der Waals surface area contributed by atoms with Gasteiger partial charge in [0.05, 0.1) is 19.1 Å². The van der Waals surface area contributed by atoms with E-state index in [1.807, 2.05) is 0 Å². The first-order valence-corrected chi connectivity index (χ1v) is 8.37. The molecule has 4 rings (SSSR count). The normalized spacial score (nSPS) is 46.5. The van der Waals surface area contributed by atoms with Crippen molar-refractivity contribution in [1.29, 1.82) is 0 Å². The van der Waals surface area contributed by atoms with Gasteiger partial charge in [0.2, 0.25) is 5.91 Å². The molecule has 6 nitrogen and oxygen atoms in total. The average Bonchev–Trinajstić information content (AvgIpc) is 3.20. The number of carboxylic acids is 1. The Morgan fingerprint density at radius 3 is 2.68 bits per heavy atom. The number of hydrogen-bond donors (Lipinski definition) is 2. The molecule has 2 heterocycles. The largest absolute Gasteiger partial charge is 0.481 e. The molecule has 4 fully saturated rings. The van der Waals surface area contributed by atoms with Crippen LogP contribution in [0.5, 0.6) is 0 Å². The third-order valence-electron chi connectivity index (χ3n) is 6.18. The van der Waals surface area contributed by atoms with Gasteiger partial charge in [0.1, 0.15) is 6.10 Å². The molecule has 0 unspecified atom stereocenters. The average molecular weight is 309 g/mol. The Kier molecular flexibility index (Phi) is 3.61. The van der Waals surface area contributed by atoms with Gasteiger partial charge in [-0.15, -0.1) is 0 Å². The second-order valence-corrected chi connectivity index (χ2v) is 7.27. The molecule has 0 radical (unpaired) electrons. The highest BCUT2D eigenvalue weighted by molar-refractivity contribution is 5.83. The Morgan fingerprint density at radius 2 is 1.86 bits per heavy atom. The summed E-state index contributed by atoms with van der Waals surface area (Å²) in [6.07, 6.45) is 3.37. The van der Waals surface area contributed by atoms with Gasteiger partial charge in [0.25, 0.3) is 0 Å². The first-order valence-electron chi connectivity index (χ1n) is 8.37. The first kappa shape index (κ1) is 14.5. The molecule has 2 bridgehead atoms. The summed E-state index contributed by atoms with van der Waals surface area (Å²) in [7, 11) is 0. The van der Waals surface area contributed by atoms with Crippen molar-refractivity contribution >= 4 is 11.9 Å². The summed E-state index contributed by atoms with van der Waals surface area (Å²) in [4.78, 5) is 24.2. The Bertz CT molecular complexity index is 481. The van der Waals surface area contributed by atoms with Crippen LogP contribution in [0.1, 0.15) is 25.7 Å². The number of amides is 1. The van der Waals surface area contributed by atoms with E-state index in [1.54, 1.807) is 0 Å². The van der Waals surface area contributed by atoms with Gasteiger partial charge >= 0.3 is 5.97 Å². The van der Waals surface area contributed by atoms with Gasteiger partial charge < -0.3 is 19.9 Å². The van der Waals surface area contributed by atoms with Crippen LogP contribution in [-0.2, 0) is 19.1 Å². The highest BCUT2D eigenvalue weighted by atomic mass is 16.5. The molecule has 6 heteroatoms. The van der Waals surface area contributed by atoms with E-state index in [1.165, 1.54) is 0 Å². The number of carbonyl (C=O) groups excluding carboxylic acids is 1. The molecule has 4 aliphatic rings. The van der Waals surface area contributed by atoms with Crippen LogP contribution in [0.25, 0.3) is 0 Å². The number of rotatable bonds is 3. The van der Waals surface area contributed by atoms with Crippen LogP contribution in [0.4, 0.5) is 0 Å². The molecular weight excluding hydrogens is 286 g/mol. The standard InChI is InChI=1S/C16H23NO5/c18-15(14-11-3-4-21-6-10(11)7-22-14)17-13-9-2-1-8(5-9)12(13)16(19)20/h8-14H,1-7H2,(H,17,18)(H,19,20)/t8-,9+,10+,11+,12+,13-,14-/m1/s1. The highest BCUT2D eigenvalue weighted by Gasteiger charge is 2.53. The summed E-state index contributed by atoms with van der Waals surface area (Å²) in [5.74, 6) is -0.230. The maximum absolute atomic E-state index is 12.6. The fourth-order valence-electron chi connectivity index (χ4n) is 5.11. The topological polar surface area (TPSA) is 84.9 Å². The molecule has 22 heavy (non-hydrogen) atoms. The first-order chi connectivity index (χ1) is 10.6. The smallest absolute Gasteiger partial charge is 0.308 e. The molecule has 0 aromatic carbocycles. The second-order valence-electron chi connectivity index (χ2n) is 7.27. The summed E-state index contributed by atoms with van der Waals surface area (Å²) in [5.41, 5.74) is 0. The lowest BCUT2D eigenvalue weighted by atomic mass is 9.83. The van der Waals surface area contributed by atoms with E-state index in [4.69, 9.17) is 9.47 Å². The Morgan fingerprint density at radius 1 is 1.05 bits per heavy atom. The quantitative estimate of drug-likeness (QED) is 0.800. The number of ether oxygens (including phenoxy) is 2. The molecule has 2 saturated heterocycles. The summed E-state index contributed by atoms with van der Waals surface area (Å²) in [6.45, 7) is 1.92. The molecule has 0 aromatic rings. The summed E-state index contributed by atoms with van der Waals surface area (Å²) >= 11 is 0. The minimum absolute atomic E-state index is 0.113. The molecule has 1 amide bonds. The molecular formula is C16H23NO5. The van der Waals surface area contributed by atoms with E-state index in [9.17, 15) is 14.7 Å². The van der Waals surface area contributed by atoms with Crippen molar-refractivity contribution in [3.8, 4) is 0 Å². The van der Waals surface area contributed by atoms with Crippen LogP contribution in [-0.4, -0.2) is 48.9 Å². The molecule has 2 aliphatic heterocycles. The second kappa shape index (κ2) is 5.49. The third kappa shape index (κ3) is 2.24. The number of carbonyl (C=O) groups is 2. The number of aliphatic carboxylic acids is 1. The highest BCUT2D eigenvalue weighted by Crippen LogP contribution is 2.48. The van der Waals surface area contributed by atoms with Gasteiger partial charge in [-0.05, 0) is 37.5 Å². The zero-order valence-electron chi connectivity index (χ0n) is 12.6. The Labute approximate surface area is 129 Å². The van der Waals surface area contributed by atoms with E-state index >= 15 is 0 Å². The maximum atomic E-state index is 12.6. The molecule has 0 spiro atoms. The van der Waals surface area contributed by atoms with E-state index in [0.29, 0.717) is 31.7 Å². The van der Waals surface area contributed by atoms with Crippen LogP contribution in [0.15, 0.2) is 0 Å². The van der Waals surface area contributed by atoms with Gasteiger partial charge in [-0.1, -0.05) is 0 Å². The summed E-state index contributed by atoms with van der Waals surface area (Å²) < 4.78 is 11.2. The van der Waals surface area contributed by atoms with E-state index in [-0.39, 0.29) is 23.8 Å². The third-order valence-corrected chi connectivity index (χ3v) is 6.18. The molecule has 2 saturated carbocycles. The van der Waals surface area contributed by atoms with Crippen molar-refractivity contribution in [2.75, 3.05) is 19.8 Å². The van der Waals surface area contributed by atoms with E-state index in [2.05, 4.69) is 5.32 Å². The van der Waals surface area contributed by atoms with Crippen molar-refractivity contribution in [3.63, 3.8) is 0 Å². The van der Waals surface area contributed by atoms with Crippen LogP contribution < -0.4 is 5.32 Å². The molecule has 122 valence electrons. The zero-order valence-corrected chi connectivity index (χ0v) is 12.6. The molecule has 7 atom stereocenters. The van der Waals surface area contributed by atoms with Gasteiger partial charge in [-0.3, -0.25) is 9.59 Å². The number of hydrogen-bond acceptors (Lipinski definition) is 4. The number of fused-ring (bicyclic) bond motifs is 3. The van der Waals surface area contributed by atoms with Crippen molar-refractivity contribution in [3.05, 3.63) is 0 Å².